The fourth-order valence-corrected chi connectivity index (χ4v) is 6.72. The minimum absolute atomic E-state index is 0.0554. The van der Waals surface area contributed by atoms with E-state index in [0.717, 1.165) is 5.56 Å². The van der Waals surface area contributed by atoms with Crippen LogP contribution in [0.5, 0.6) is 0 Å². The first kappa shape index (κ1) is 27.8. The summed E-state index contributed by atoms with van der Waals surface area (Å²) in [6, 6.07) is 16.7. The molecule has 0 aliphatic carbocycles. The average molecular weight is 537 g/mol. The number of carbonyl (C=O) groups is 2. The van der Waals surface area contributed by atoms with Crippen molar-refractivity contribution in [3.05, 3.63) is 71.8 Å². The highest BCUT2D eigenvalue weighted by Gasteiger charge is 2.36. The number of sulfonamides is 1. The highest BCUT2D eigenvalue weighted by Crippen LogP contribution is 2.32. The number of nitrogens with one attached hydrogen (secondary N) is 2. The monoisotopic (exact) mass is 536 g/mol. The molecule has 1 fully saturated rings. The summed E-state index contributed by atoms with van der Waals surface area (Å²) in [5, 5.41) is 4.10. The molecule has 1 aliphatic heterocycles. The number of benzene rings is 3. The third kappa shape index (κ3) is 5.75. The Morgan fingerprint density at radius 2 is 1.63 bits per heavy atom. The number of likely N-dealkylation sites (tertiary alicyclic amines) is 1. The summed E-state index contributed by atoms with van der Waals surface area (Å²) >= 11 is 0. The number of rotatable bonds is 7. The number of aryl methyl sites for hydroxylation is 1. The Labute approximate surface area is 224 Å². The molecule has 0 radical (unpaired) electrons. The number of piperidine rings is 1. The van der Waals surface area contributed by atoms with Gasteiger partial charge >= 0.3 is 0 Å². The van der Waals surface area contributed by atoms with Crippen molar-refractivity contribution < 1.29 is 18.0 Å². The molecule has 1 heterocycles. The number of nitrogens with zero attached hydrogens (tertiary/aromatic N) is 1. The van der Waals surface area contributed by atoms with E-state index in [1.54, 1.807) is 42.2 Å². The first-order valence-electron chi connectivity index (χ1n) is 12.9. The predicted octanol–water partition coefficient (Wildman–Crippen LogP) is 3.90. The van der Waals surface area contributed by atoms with E-state index in [0.29, 0.717) is 41.5 Å². The molecule has 3 atom stereocenters. The molecule has 0 saturated carbocycles. The number of amides is 2. The van der Waals surface area contributed by atoms with Crippen molar-refractivity contribution in [2.75, 3.05) is 18.4 Å². The molecular formula is C29H36N4O4S. The molecule has 1 saturated heterocycles. The molecule has 0 unspecified atom stereocenters. The molecule has 2 amide bonds. The maximum absolute atomic E-state index is 13.7. The zero-order chi connectivity index (χ0) is 27.6. The lowest BCUT2D eigenvalue weighted by atomic mass is 9.84. The standard InChI is InChI=1S/C29H36N4O4S/c1-18(2)24-17-33(29(35)20(4)30)16-15-26(24)32-38(36,37)27-14-13-25(22-11-7-8-12-23(22)27)31-28(34)21-10-6-5-9-19(21)3/h5-14,18,20,24,26,32H,15-17,30H2,1-4H3,(H,31,34)/t20-,24+,26+/m0/s1. The molecule has 0 spiro atoms. The van der Waals surface area contributed by atoms with Crippen LogP contribution in [0.4, 0.5) is 5.69 Å². The molecule has 1 aliphatic rings. The van der Waals surface area contributed by atoms with Crippen molar-refractivity contribution in [2.24, 2.45) is 17.6 Å². The van der Waals surface area contributed by atoms with Crippen LogP contribution < -0.4 is 15.8 Å². The minimum atomic E-state index is -3.90. The van der Waals surface area contributed by atoms with Crippen LogP contribution in [-0.4, -0.2) is 50.3 Å². The summed E-state index contributed by atoms with van der Waals surface area (Å²) in [6.45, 7) is 8.51. The minimum Gasteiger partial charge on any atom is -0.341 e. The van der Waals surface area contributed by atoms with Crippen molar-refractivity contribution in [1.82, 2.24) is 9.62 Å². The lowest BCUT2D eigenvalue weighted by Gasteiger charge is -2.41. The summed E-state index contributed by atoms with van der Waals surface area (Å²) in [7, 11) is -3.90. The van der Waals surface area contributed by atoms with Crippen LogP contribution in [0.3, 0.4) is 0 Å². The Balaban J connectivity index is 1.62. The zero-order valence-corrected chi connectivity index (χ0v) is 23.1. The van der Waals surface area contributed by atoms with Crippen LogP contribution in [0.1, 0.15) is 43.1 Å². The molecule has 4 N–H and O–H groups in total. The Morgan fingerprint density at radius 3 is 2.29 bits per heavy atom. The second kappa shape index (κ2) is 11.2. The third-order valence-corrected chi connectivity index (χ3v) is 8.88. The lowest BCUT2D eigenvalue weighted by molar-refractivity contribution is -0.134. The van der Waals surface area contributed by atoms with E-state index in [1.807, 2.05) is 45.0 Å². The number of hydrogen-bond donors (Lipinski definition) is 3. The predicted molar refractivity (Wildman–Crippen MR) is 150 cm³/mol. The second-order valence-electron chi connectivity index (χ2n) is 10.4. The van der Waals surface area contributed by atoms with Gasteiger partial charge in [-0.3, -0.25) is 9.59 Å². The summed E-state index contributed by atoms with van der Waals surface area (Å²) in [5.74, 6) is -0.275. The summed E-state index contributed by atoms with van der Waals surface area (Å²) < 4.78 is 30.3. The van der Waals surface area contributed by atoms with Gasteiger partial charge in [-0.1, -0.05) is 56.3 Å². The molecule has 0 bridgehead atoms. The summed E-state index contributed by atoms with van der Waals surface area (Å²) in [4.78, 5) is 27.3. The van der Waals surface area contributed by atoms with E-state index in [-0.39, 0.29) is 34.6 Å². The molecule has 38 heavy (non-hydrogen) atoms. The van der Waals surface area contributed by atoms with Gasteiger partial charge in [-0.15, -0.1) is 0 Å². The van der Waals surface area contributed by atoms with Gasteiger partial charge in [0.2, 0.25) is 15.9 Å². The molecule has 4 rings (SSSR count). The maximum atomic E-state index is 13.7. The van der Waals surface area contributed by atoms with Gasteiger partial charge in [0, 0.05) is 41.2 Å². The van der Waals surface area contributed by atoms with E-state index >= 15 is 0 Å². The van der Waals surface area contributed by atoms with Gasteiger partial charge in [-0.05, 0) is 55.9 Å². The van der Waals surface area contributed by atoms with Crippen LogP contribution in [0.25, 0.3) is 10.8 Å². The molecule has 8 nitrogen and oxygen atoms in total. The van der Waals surface area contributed by atoms with Crippen LogP contribution in [0, 0.1) is 18.8 Å². The zero-order valence-electron chi connectivity index (χ0n) is 22.3. The Hall–Kier alpha value is -3.27. The number of hydrogen-bond acceptors (Lipinski definition) is 5. The van der Waals surface area contributed by atoms with Gasteiger partial charge in [0.05, 0.1) is 10.9 Å². The number of fused-ring (bicyclic) bond motifs is 1. The van der Waals surface area contributed by atoms with Gasteiger partial charge in [-0.2, -0.15) is 0 Å². The molecule has 9 heteroatoms. The quantitative estimate of drug-likeness (QED) is 0.423. The van der Waals surface area contributed by atoms with Gasteiger partial charge in [0.25, 0.3) is 5.91 Å². The van der Waals surface area contributed by atoms with Crippen LogP contribution in [-0.2, 0) is 14.8 Å². The Bertz CT molecular complexity index is 1450. The number of anilines is 1. The highest BCUT2D eigenvalue weighted by atomic mass is 32.2. The molecule has 3 aromatic carbocycles. The maximum Gasteiger partial charge on any atom is 0.255 e. The van der Waals surface area contributed by atoms with E-state index in [4.69, 9.17) is 5.73 Å². The van der Waals surface area contributed by atoms with Gasteiger partial charge in [-0.25, -0.2) is 13.1 Å². The largest absolute Gasteiger partial charge is 0.341 e. The van der Waals surface area contributed by atoms with Gasteiger partial charge in [0.15, 0.2) is 0 Å². The Kier molecular flexibility index (Phi) is 8.20. The summed E-state index contributed by atoms with van der Waals surface area (Å²) in [5.41, 5.74) is 7.76. The first-order chi connectivity index (χ1) is 18.0. The third-order valence-electron chi connectivity index (χ3n) is 7.33. The average Bonchev–Trinajstić information content (AvgIpc) is 2.88. The van der Waals surface area contributed by atoms with Crippen molar-refractivity contribution in [1.29, 1.82) is 0 Å². The molecule has 3 aromatic rings. The van der Waals surface area contributed by atoms with Crippen molar-refractivity contribution >= 4 is 38.3 Å². The summed E-state index contributed by atoms with van der Waals surface area (Å²) in [6.07, 6.45) is 0.503. The fourth-order valence-electron chi connectivity index (χ4n) is 5.19. The molecule has 202 valence electrons. The van der Waals surface area contributed by atoms with Crippen LogP contribution in [0.15, 0.2) is 65.6 Å². The van der Waals surface area contributed by atoms with Gasteiger partial charge in [0.1, 0.15) is 0 Å². The van der Waals surface area contributed by atoms with Crippen molar-refractivity contribution in [2.45, 2.75) is 51.1 Å². The smallest absolute Gasteiger partial charge is 0.255 e. The van der Waals surface area contributed by atoms with Crippen molar-refractivity contribution in [3.63, 3.8) is 0 Å². The van der Waals surface area contributed by atoms with Crippen LogP contribution in [0.2, 0.25) is 0 Å². The first-order valence-corrected chi connectivity index (χ1v) is 14.4. The normalized spacial score (nSPS) is 18.9. The van der Waals surface area contributed by atoms with Crippen LogP contribution >= 0.6 is 0 Å². The Morgan fingerprint density at radius 1 is 0.974 bits per heavy atom. The molecule has 0 aromatic heterocycles. The van der Waals surface area contributed by atoms with E-state index in [2.05, 4.69) is 10.0 Å². The van der Waals surface area contributed by atoms with E-state index < -0.39 is 16.1 Å². The number of nitrogens with two attached hydrogens (primary N) is 1. The topological polar surface area (TPSA) is 122 Å². The number of carbonyl (C=O) groups excluding carboxylic acids is 2. The van der Waals surface area contributed by atoms with Gasteiger partial charge < -0.3 is 16.0 Å². The van der Waals surface area contributed by atoms with E-state index in [9.17, 15) is 18.0 Å². The fraction of sp³-hybridized carbons (Fsp3) is 0.379. The molecular weight excluding hydrogens is 500 g/mol. The lowest BCUT2D eigenvalue weighted by Crippen LogP contribution is -2.56. The second-order valence-corrected chi connectivity index (χ2v) is 12.1. The SMILES string of the molecule is Cc1ccccc1C(=O)Nc1ccc(S(=O)(=O)N[C@@H]2CCN(C(=O)[C@H](C)N)C[C@@H]2C(C)C)c2ccccc12. The van der Waals surface area contributed by atoms with E-state index in [1.165, 1.54) is 6.07 Å². The van der Waals surface area contributed by atoms with Crippen molar-refractivity contribution in [3.8, 4) is 0 Å². The highest BCUT2D eigenvalue weighted by molar-refractivity contribution is 7.89.